The molecule has 0 fully saturated rings. The normalized spacial score (nSPS) is 14.2. The van der Waals surface area contributed by atoms with Gasteiger partial charge >= 0.3 is 0 Å². The van der Waals surface area contributed by atoms with Crippen molar-refractivity contribution in [2.24, 2.45) is 0 Å². The van der Waals surface area contributed by atoms with Gasteiger partial charge in [-0.25, -0.2) is 0 Å². The molecule has 16 heavy (non-hydrogen) atoms. The molecule has 0 aliphatic rings. The van der Waals surface area contributed by atoms with Crippen molar-refractivity contribution in [3.05, 3.63) is 29.8 Å². The third-order valence-corrected chi connectivity index (χ3v) is 2.10. The van der Waals surface area contributed by atoms with Crippen LogP contribution in [0.4, 0.5) is 0 Å². The molecular weight excluding hydrogens is 208 g/mol. The Balaban J connectivity index is 2.61. The minimum absolute atomic E-state index is 0.0262. The Kier molecular flexibility index (Phi) is 4.46. The van der Waals surface area contributed by atoms with Crippen molar-refractivity contribution >= 4 is 6.29 Å². The number of rotatable bonds is 6. The number of ether oxygens (including phenoxy) is 1. The zero-order valence-electron chi connectivity index (χ0n) is 9.22. The van der Waals surface area contributed by atoms with Gasteiger partial charge in [0.1, 0.15) is 18.0 Å². The van der Waals surface area contributed by atoms with Crippen LogP contribution >= 0.6 is 0 Å². The molecule has 0 aliphatic carbocycles. The molecule has 0 saturated carbocycles. The van der Waals surface area contributed by atoms with Crippen molar-refractivity contribution in [1.82, 2.24) is 0 Å². The van der Waals surface area contributed by atoms with Crippen molar-refractivity contribution in [2.45, 2.75) is 18.9 Å². The summed E-state index contributed by atoms with van der Waals surface area (Å²) in [5.41, 5.74) is -0.471. The first kappa shape index (κ1) is 12.7. The summed E-state index contributed by atoms with van der Waals surface area (Å²) in [7, 11) is 0. The van der Waals surface area contributed by atoms with Gasteiger partial charge in [-0.1, -0.05) is 12.1 Å². The monoisotopic (exact) mass is 224 g/mol. The highest BCUT2D eigenvalue weighted by Gasteiger charge is 2.19. The lowest BCUT2D eigenvalue weighted by Crippen LogP contribution is -2.28. The van der Waals surface area contributed by atoms with Crippen LogP contribution in [-0.2, 0) is 11.2 Å². The van der Waals surface area contributed by atoms with E-state index in [-0.39, 0.29) is 19.6 Å². The van der Waals surface area contributed by atoms with Gasteiger partial charge in [-0.15, -0.1) is 0 Å². The van der Waals surface area contributed by atoms with E-state index in [9.17, 15) is 9.90 Å². The van der Waals surface area contributed by atoms with Crippen molar-refractivity contribution < 1.29 is 19.7 Å². The molecule has 0 amide bonds. The number of benzene rings is 1. The van der Waals surface area contributed by atoms with Gasteiger partial charge in [-0.3, -0.25) is 0 Å². The molecule has 1 unspecified atom stereocenters. The molecule has 0 saturated heterocycles. The molecule has 0 aliphatic heterocycles. The lowest BCUT2D eigenvalue weighted by Gasteiger charge is -2.15. The first-order valence-corrected chi connectivity index (χ1v) is 5.09. The third kappa shape index (κ3) is 4.00. The Morgan fingerprint density at radius 3 is 2.50 bits per heavy atom. The van der Waals surface area contributed by atoms with Gasteiger partial charge in [0.15, 0.2) is 6.29 Å². The highest BCUT2D eigenvalue weighted by Crippen LogP contribution is 2.16. The Hall–Kier alpha value is -1.39. The van der Waals surface area contributed by atoms with Crippen LogP contribution in [0.15, 0.2) is 24.3 Å². The first-order valence-electron chi connectivity index (χ1n) is 5.09. The maximum absolute atomic E-state index is 10.5. The minimum Gasteiger partial charge on any atom is -0.491 e. The van der Waals surface area contributed by atoms with E-state index in [1.54, 1.807) is 24.3 Å². The average Bonchev–Trinajstić information content (AvgIpc) is 2.28. The number of aliphatic hydroxyl groups excluding tert-OH is 1. The number of carbonyl (C=O) groups is 1. The molecule has 1 atom stereocenters. The van der Waals surface area contributed by atoms with Crippen molar-refractivity contribution in [3.8, 4) is 5.75 Å². The molecule has 0 heterocycles. The van der Waals surface area contributed by atoms with E-state index in [4.69, 9.17) is 9.84 Å². The zero-order valence-corrected chi connectivity index (χ0v) is 9.22. The summed E-state index contributed by atoms with van der Waals surface area (Å²) >= 11 is 0. The highest BCUT2D eigenvalue weighted by atomic mass is 16.5. The second kappa shape index (κ2) is 5.63. The van der Waals surface area contributed by atoms with Gasteiger partial charge in [0.05, 0.1) is 6.61 Å². The predicted octanol–water partition coefficient (Wildman–Crippen LogP) is 0.550. The summed E-state index contributed by atoms with van der Waals surface area (Å²) in [6.45, 7) is 1.70. The second-order valence-electron chi connectivity index (χ2n) is 3.87. The average molecular weight is 224 g/mol. The Morgan fingerprint density at radius 1 is 1.38 bits per heavy atom. The molecule has 0 radical (unpaired) electrons. The van der Waals surface area contributed by atoms with E-state index < -0.39 is 5.60 Å². The Bertz CT molecular complexity index is 329. The van der Waals surface area contributed by atoms with Crippen LogP contribution in [0.5, 0.6) is 5.75 Å². The summed E-state index contributed by atoms with van der Waals surface area (Å²) < 4.78 is 5.18. The molecule has 0 aromatic heterocycles. The summed E-state index contributed by atoms with van der Waals surface area (Å²) in [6.07, 6.45) is 0.806. The zero-order chi connectivity index (χ0) is 12.0. The fourth-order valence-corrected chi connectivity index (χ4v) is 1.32. The molecular formula is C12H16O4. The van der Waals surface area contributed by atoms with E-state index in [0.717, 1.165) is 5.56 Å². The first-order chi connectivity index (χ1) is 7.57. The van der Waals surface area contributed by atoms with E-state index in [2.05, 4.69) is 0 Å². The van der Waals surface area contributed by atoms with E-state index >= 15 is 0 Å². The largest absolute Gasteiger partial charge is 0.491 e. The van der Waals surface area contributed by atoms with Gasteiger partial charge in [0.25, 0.3) is 0 Å². The quantitative estimate of drug-likeness (QED) is 0.692. The van der Waals surface area contributed by atoms with Gasteiger partial charge in [-0.2, -0.15) is 0 Å². The molecule has 1 rings (SSSR count). The van der Waals surface area contributed by atoms with Crippen LogP contribution in [0, 0.1) is 0 Å². The molecule has 2 N–H and O–H groups in total. The number of aliphatic hydroxyl groups is 2. The summed E-state index contributed by atoms with van der Waals surface area (Å²) in [6, 6.07) is 7.05. The van der Waals surface area contributed by atoms with Crippen LogP contribution in [0.2, 0.25) is 0 Å². The maximum atomic E-state index is 10.5. The fraction of sp³-hybridized carbons (Fsp3) is 0.417. The summed E-state index contributed by atoms with van der Waals surface area (Å²) in [4.78, 5) is 10.5. The molecule has 1 aromatic rings. The van der Waals surface area contributed by atoms with Crippen molar-refractivity contribution in [3.63, 3.8) is 0 Å². The Labute approximate surface area is 94.5 Å². The van der Waals surface area contributed by atoms with Crippen molar-refractivity contribution in [2.75, 3.05) is 13.2 Å². The molecule has 4 heteroatoms. The molecule has 4 nitrogen and oxygen atoms in total. The molecule has 1 aromatic carbocycles. The minimum atomic E-state index is -1.33. The topological polar surface area (TPSA) is 66.8 Å². The van der Waals surface area contributed by atoms with E-state index in [0.29, 0.717) is 12.0 Å². The number of aldehydes is 1. The van der Waals surface area contributed by atoms with Crippen LogP contribution in [0.1, 0.15) is 12.5 Å². The standard InChI is InChI=1S/C12H16O4/c1-12(15,9-14)8-10-2-4-11(5-3-10)16-7-6-13/h2-5,9,13,15H,6-8H2,1H3. The van der Waals surface area contributed by atoms with Gasteiger partial charge in [-0.05, 0) is 24.6 Å². The van der Waals surface area contributed by atoms with Gasteiger partial charge in [0, 0.05) is 6.42 Å². The van der Waals surface area contributed by atoms with E-state index in [1.807, 2.05) is 0 Å². The van der Waals surface area contributed by atoms with Gasteiger partial charge in [0.2, 0.25) is 0 Å². The molecule has 0 spiro atoms. The summed E-state index contributed by atoms with van der Waals surface area (Å²) in [5.74, 6) is 0.656. The maximum Gasteiger partial charge on any atom is 0.151 e. The van der Waals surface area contributed by atoms with Crippen molar-refractivity contribution in [1.29, 1.82) is 0 Å². The van der Waals surface area contributed by atoms with Crippen LogP contribution < -0.4 is 4.74 Å². The Morgan fingerprint density at radius 2 is 2.00 bits per heavy atom. The number of carbonyl (C=O) groups excluding carboxylic acids is 1. The van der Waals surface area contributed by atoms with Crippen LogP contribution in [0.3, 0.4) is 0 Å². The number of hydrogen-bond donors (Lipinski definition) is 2. The van der Waals surface area contributed by atoms with Crippen LogP contribution in [-0.4, -0.2) is 35.3 Å². The lowest BCUT2D eigenvalue weighted by atomic mass is 9.98. The van der Waals surface area contributed by atoms with Gasteiger partial charge < -0.3 is 19.7 Å². The highest BCUT2D eigenvalue weighted by molar-refractivity contribution is 5.62. The second-order valence-corrected chi connectivity index (χ2v) is 3.87. The number of hydrogen-bond acceptors (Lipinski definition) is 4. The SMILES string of the molecule is CC(O)(C=O)Cc1ccc(OCCO)cc1. The molecule has 88 valence electrons. The third-order valence-electron chi connectivity index (χ3n) is 2.10. The van der Waals surface area contributed by atoms with E-state index in [1.165, 1.54) is 6.92 Å². The summed E-state index contributed by atoms with van der Waals surface area (Å²) in [5, 5.41) is 18.1. The fourth-order valence-electron chi connectivity index (χ4n) is 1.32. The smallest absolute Gasteiger partial charge is 0.151 e. The molecule has 0 bridgehead atoms. The predicted molar refractivity (Wildman–Crippen MR) is 59.4 cm³/mol. The van der Waals surface area contributed by atoms with Crippen LogP contribution in [0.25, 0.3) is 0 Å². The lowest BCUT2D eigenvalue weighted by molar-refractivity contribution is -0.122.